The Labute approximate surface area is 141 Å². The summed E-state index contributed by atoms with van der Waals surface area (Å²) in [6, 6.07) is 0. The molecule has 0 aromatic rings. The molecule has 1 aliphatic heterocycles. The van der Waals surface area contributed by atoms with Gasteiger partial charge in [0.1, 0.15) is 0 Å². The predicted molar refractivity (Wildman–Crippen MR) is 94.8 cm³/mol. The minimum absolute atomic E-state index is 0.873. The van der Waals surface area contributed by atoms with Crippen molar-refractivity contribution in [2.75, 3.05) is 52.5 Å². The van der Waals surface area contributed by atoms with Crippen molar-refractivity contribution in [2.24, 2.45) is 22.7 Å². The molecule has 5 nitrogen and oxygen atoms in total. The molecule has 132 valence electrons. The molecule has 0 aromatic carbocycles. The summed E-state index contributed by atoms with van der Waals surface area (Å²) in [5.41, 5.74) is 0. The molecule has 3 atom stereocenters. The van der Waals surface area contributed by atoms with E-state index in [4.69, 9.17) is 9.73 Å². The lowest BCUT2D eigenvalue weighted by atomic mass is 9.86. The zero-order valence-corrected chi connectivity index (χ0v) is 14.7. The summed E-state index contributed by atoms with van der Waals surface area (Å²) in [6.07, 6.45) is 7.24. The average molecular weight is 322 g/mol. The van der Waals surface area contributed by atoms with Crippen LogP contribution in [0.3, 0.4) is 0 Å². The fourth-order valence-electron chi connectivity index (χ4n) is 4.57. The molecule has 2 N–H and O–H groups in total. The third-order valence-corrected chi connectivity index (χ3v) is 5.82. The largest absolute Gasteiger partial charge is 0.379 e. The van der Waals surface area contributed by atoms with Crippen molar-refractivity contribution in [2.45, 2.75) is 39.0 Å². The molecular formula is C18H34N4O. The lowest BCUT2D eigenvalue weighted by Crippen LogP contribution is -2.44. The van der Waals surface area contributed by atoms with E-state index in [1.54, 1.807) is 0 Å². The maximum absolute atomic E-state index is 5.39. The first-order chi connectivity index (χ1) is 11.3. The molecule has 0 aromatic heterocycles. The molecule has 2 aliphatic carbocycles. The Kier molecular flexibility index (Phi) is 6.57. The second-order valence-corrected chi connectivity index (χ2v) is 7.37. The Morgan fingerprint density at radius 2 is 2.04 bits per heavy atom. The van der Waals surface area contributed by atoms with Crippen molar-refractivity contribution in [3.63, 3.8) is 0 Å². The summed E-state index contributed by atoms with van der Waals surface area (Å²) >= 11 is 0. The van der Waals surface area contributed by atoms with E-state index in [0.29, 0.717) is 0 Å². The van der Waals surface area contributed by atoms with Gasteiger partial charge in [0.15, 0.2) is 5.96 Å². The number of nitrogens with one attached hydrogen (secondary N) is 2. The molecule has 0 radical (unpaired) electrons. The fourth-order valence-corrected chi connectivity index (χ4v) is 4.57. The van der Waals surface area contributed by atoms with Gasteiger partial charge in [-0.25, -0.2) is 0 Å². The van der Waals surface area contributed by atoms with E-state index in [1.807, 2.05) is 0 Å². The van der Waals surface area contributed by atoms with E-state index in [-0.39, 0.29) is 0 Å². The number of hydrogen-bond acceptors (Lipinski definition) is 3. The Balaban J connectivity index is 1.35. The molecule has 3 aliphatic rings. The van der Waals surface area contributed by atoms with E-state index >= 15 is 0 Å². The third-order valence-electron chi connectivity index (χ3n) is 5.82. The Morgan fingerprint density at radius 1 is 1.17 bits per heavy atom. The minimum Gasteiger partial charge on any atom is -0.379 e. The minimum atomic E-state index is 0.873. The van der Waals surface area contributed by atoms with Crippen LogP contribution < -0.4 is 10.6 Å². The van der Waals surface area contributed by atoms with Gasteiger partial charge in [-0.3, -0.25) is 9.89 Å². The summed E-state index contributed by atoms with van der Waals surface area (Å²) in [6.45, 7) is 9.92. The number of aliphatic imine (C=N–C) groups is 1. The van der Waals surface area contributed by atoms with Crippen molar-refractivity contribution in [3.05, 3.63) is 0 Å². The quantitative estimate of drug-likeness (QED) is 0.553. The van der Waals surface area contributed by atoms with Crippen LogP contribution in [0.25, 0.3) is 0 Å². The topological polar surface area (TPSA) is 48.9 Å². The van der Waals surface area contributed by atoms with Crippen LogP contribution in [0.4, 0.5) is 0 Å². The average Bonchev–Trinajstić information content (AvgIpc) is 3.19. The summed E-state index contributed by atoms with van der Waals surface area (Å²) in [5.74, 6) is 4.01. The second kappa shape index (κ2) is 8.88. The van der Waals surface area contributed by atoms with E-state index in [1.165, 1.54) is 32.1 Å². The molecule has 2 bridgehead atoms. The summed E-state index contributed by atoms with van der Waals surface area (Å²) in [4.78, 5) is 7.25. The molecule has 1 saturated heterocycles. The molecule has 23 heavy (non-hydrogen) atoms. The van der Waals surface area contributed by atoms with Crippen molar-refractivity contribution in [1.29, 1.82) is 0 Å². The normalized spacial score (nSPS) is 31.5. The zero-order chi connectivity index (χ0) is 15.9. The Morgan fingerprint density at radius 3 is 2.74 bits per heavy atom. The number of fused-ring (bicyclic) bond motifs is 2. The van der Waals surface area contributed by atoms with Gasteiger partial charge in [-0.05, 0) is 50.4 Å². The maximum atomic E-state index is 5.39. The molecule has 2 saturated carbocycles. The predicted octanol–water partition coefficient (Wildman–Crippen LogP) is 1.70. The Hall–Kier alpha value is -0.810. The summed E-state index contributed by atoms with van der Waals surface area (Å²) in [5, 5.41) is 6.86. The smallest absolute Gasteiger partial charge is 0.191 e. The Bertz CT molecular complexity index is 381. The fraction of sp³-hybridized carbons (Fsp3) is 0.944. The molecule has 3 unspecified atom stereocenters. The standard InChI is InChI=1S/C18H34N4O/c1-2-19-18(21-7-8-22-9-11-23-12-10-22)20-6-5-17-14-15-3-4-16(17)13-15/h15-17H,2-14H2,1H3,(H2,19,20,21). The third kappa shape index (κ3) is 5.08. The SMILES string of the molecule is CCNC(=NCCC1CC2CCC1C2)NCCN1CCOCC1. The highest BCUT2D eigenvalue weighted by Crippen LogP contribution is 2.49. The van der Waals surface area contributed by atoms with E-state index < -0.39 is 0 Å². The molecule has 3 rings (SSSR count). The van der Waals surface area contributed by atoms with Crippen LogP contribution in [0.2, 0.25) is 0 Å². The van der Waals surface area contributed by atoms with Crippen molar-refractivity contribution < 1.29 is 4.74 Å². The van der Waals surface area contributed by atoms with Crippen molar-refractivity contribution in [3.8, 4) is 0 Å². The zero-order valence-electron chi connectivity index (χ0n) is 14.7. The monoisotopic (exact) mass is 322 g/mol. The molecule has 5 heteroatoms. The van der Waals surface area contributed by atoms with E-state index in [9.17, 15) is 0 Å². The van der Waals surface area contributed by atoms with E-state index in [0.717, 1.165) is 76.2 Å². The van der Waals surface area contributed by atoms with Gasteiger partial charge >= 0.3 is 0 Å². The lowest BCUT2D eigenvalue weighted by molar-refractivity contribution is 0.0389. The highest BCUT2D eigenvalue weighted by molar-refractivity contribution is 5.79. The highest BCUT2D eigenvalue weighted by atomic mass is 16.5. The second-order valence-electron chi connectivity index (χ2n) is 7.37. The highest BCUT2D eigenvalue weighted by Gasteiger charge is 2.38. The number of morpholine rings is 1. The summed E-state index contributed by atoms with van der Waals surface area (Å²) < 4.78 is 5.39. The molecule has 3 fully saturated rings. The number of hydrogen-bond donors (Lipinski definition) is 2. The van der Waals surface area contributed by atoms with Crippen molar-refractivity contribution >= 4 is 5.96 Å². The molecular weight excluding hydrogens is 288 g/mol. The number of nitrogens with zero attached hydrogens (tertiary/aromatic N) is 2. The van der Waals surface area contributed by atoms with Crippen LogP contribution >= 0.6 is 0 Å². The van der Waals surface area contributed by atoms with Crippen LogP contribution in [-0.4, -0.2) is 63.3 Å². The van der Waals surface area contributed by atoms with Gasteiger partial charge in [0.25, 0.3) is 0 Å². The first kappa shape index (κ1) is 17.0. The van der Waals surface area contributed by atoms with Crippen LogP contribution in [-0.2, 0) is 4.74 Å². The van der Waals surface area contributed by atoms with Gasteiger partial charge in [0.2, 0.25) is 0 Å². The lowest BCUT2D eigenvalue weighted by Gasteiger charge is -2.26. The van der Waals surface area contributed by atoms with Crippen LogP contribution in [0.15, 0.2) is 4.99 Å². The number of rotatable bonds is 7. The number of ether oxygens (including phenoxy) is 1. The summed E-state index contributed by atoms with van der Waals surface area (Å²) in [7, 11) is 0. The molecule has 0 amide bonds. The number of guanidine groups is 1. The maximum Gasteiger partial charge on any atom is 0.191 e. The molecule has 1 heterocycles. The van der Waals surface area contributed by atoms with Gasteiger partial charge in [-0.15, -0.1) is 0 Å². The van der Waals surface area contributed by atoms with Gasteiger partial charge in [0, 0.05) is 39.3 Å². The van der Waals surface area contributed by atoms with Gasteiger partial charge in [-0.2, -0.15) is 0 Å². The van der Waals surface area contributed by atoms with Gasteiger partial charge < -0.3 is 15.4 Å². The van der Waals surface area contributed by atoms with Crippen LogP contribution in [0, 0.1) is 17.8 Å². The van der Waals surface area contributed by atoms with Crippen molar-refractivity contribution in [1.82, 2.24) is 15.5 Å². The van der Waals surface area contributed by atoms with Gasteiger partial charge in [-0.1, -0.05) is 6.42 Å². The molecule has 0 spiro atoms. The first-order valence-corrected chi connectivity index (χ1v) is 9.67. The van der Waals surface area contributed by atoms with Crippen LogP contribution in [0.1, 0.15) is 39.0 Å². The van der Waals surface area contributed by atoms with Crippen LogP contribution in [0.5, 0.6) is 0 Å². The first-order valence-electron chi connectivity index (χ1n) is 9.67. The van der Waals surface area contributed by atoms with E-state index in [2.05, 4.69) is 22.5 Å². The van der Waals surface area contributed by atoms with Gasteiger partial charge in [0.05, 0.1) is 13.2 Å².